The van der Waals surface area contributed by atoms with Crippen LogP contribution in [0.5, 0.6) is 5.75 Å². The lowest BCUT2D eigenvalue weighted by Crippen LogP contribution is -2.27. The molecule has 2 N–H and O–H groups in total. The maximum atomic E-state index is 12.5. The van der Waals surface area contributed by atoms with E-state index in [-0.39, 0.29) is 17.6 Å². The third kappa shape index (κ3) is 5.12. The Morgan fingerprint density at radius 1 is 1.16 bits per heavy atom. The Balaban J connectivity index is 1.40. The number of hydrogen-bond donors (Lipinski definition) is 2. The molecule has 0 radical (unpaired) electrons. The molecule has 164 valence electrons. The van der Waals surface area contributed by atoms with E-state index in [4.69, 9.17) is 4.74 Å². The first kappa shape index (κ1) is 21.9. The Kier molecular flexibility index (Phi) is 7.08. The van der Waals surface area contributed by atoms with Crippen molar-refractivity contribution in [2.75, 3.05) is 24.7 Å². The van der Waals surface area contributed by atoms with Crippen LogP contribution < -0.4 is 15.4 Å². The van der Waals surface area contributed by atoms with Crippen LogP contribution in [0.15, 0.2) is 71.2 Å². The van der Waals surface area contributed by atoms with Gasteiger partial charge in [-0.1, -0.05) is 30.3 Å². The molecular formula is C23H22N4O3S2. The zero-order chi connectivity index (χ0) is 22.3. The van der Waals surface area contributed by atoms with Gasteiger partial charge in [0.05, 0.1) is 18.4 Å². The number of amides is 2. The van der Waals surface area contributed by atoms with Crippen molar-refractivity contribution in [3.05, 3.63) is 71.9 Å². The minimum atomic E-state index is -0.174. The van der Waals surface area contributed by atoms with Gasteiger partial charge in [-0.3, -0.25) is 9.59 Å². The Morgan fingerprint density at radius 2 is 1.97 bits per heavy atom. The number of hydrogen-bond acceptors (Lipinski definition) is 6. The molecule has 0 aliphatic heterocycles. The molecule has 0 atom stereocenters. The largest absolute Gasteiger partial charge is 0.496 e. The molecule has 0 saturated carbocycles. The molecule has 2 aromatic carbocycles. The monoisotopic (exact) mass is 466 g/mol. The van der Waals surface area contributed by atoms with Crippen molar-refractivity contribution < 1.29 is 14.3 Å². The third-order valence-corrected chi connectivity index (χ3v) is 6.51. The Labute approximate surface area is 193 Å². The van der Waals surface area contributed by atoms with Crippen molar-refractivity contribution in [3.8, 4) is 5.75 Å². The zero-order valence-electron chi connectivity index (χ0n) is 17.4. The molecule has 7 nitrogen and oxygen atoms in total. The van der Waals surface area contributed by atoms with Crippen LogP contribution in [0.4, 0.5) is 5.13 Å². The number of carbonyl (C=O) groups is 2. The number of nitrogens with one attached hydrogen (secondary N) is 2. The first-order valence-electron chi connectivity index (χ1n) is 9.97. The molecule has 0 unspecified atom stereocenters. The predicted molar refractivity (Wildman–Crippen MR) is 129 cm³/mol. The number of ether oxygens (including phenoxy) is 1. The number of carbonyl (C=O) groups excluding carboxylic acids is 2. The van der Waals surface area contributed by atoms with Gasteiger partial charge in [-0.25, -0.2) is 4.98 Å². The summed E-state index contributed by atoms with van der Waals surface area (Å²) >= 11 is 2.88. The van der Waals surface area contributed by atoms with E-state index in [0.717, 1.165) is 15.8 Å². The quantitative estimate of drug-likeness (QED) is 0.360. The topological polar surface area (TPSA) is 85.2 Å². The molecule has 0 fully saturated rings. The second-order valence-corrected chi connectivity index (χ2v) is 8.75. The number of thiazole rings is 1. The lowest BCUT2D eigenvalue weighted by molar-refractivity contribution is -0.113. The highest BCUT2D eigenvalue weighted by Crippen LogP contribution is 2.30. The van der Waals surface area contributed by atoms with E-state index in [0.29, 0.717) is 29.5 Å². The van der Waals surface area contributed by atoms with Gasteiger partial charge in [0.1, 0.15) is 5.75 Å². The number of fused-ring (bicyclic) bond motifs is 1. The predicted octanol–water partition coefficient (Wildman–Crippen LogP) is 4.27. The highest BCUT2D eigenvalue weighted by molar-refractivity contribution is 8.00. The smallest absolute Gasteiger partial charge is 0.255 e. The summed E-state index contributed by atoms with van der Waals surface area (Å²) in [7, 11) is 1.55. The molecule has 2 amide bonds. The molecule has 0 aliphatic carbocycles. The van der Waals surface area contributed by atoms with E-state index in [1.807, 2.05) is 48.0 Å². The van der Waals surface area contributed by atoms with Crippen LogP contribution in [0.25, 0.3) is 10.9 Å². The maximum absolute atomic E-state index is 12.5. The van der Waals surface area contributed by atoms with Crippen LogP contribution in [0.3, 0.4) is 0 Å². The van der Waals surface area contributed by atoms with Crippen LogP contribution in [0.2, 0.25) is 0 Å². The summed E-state index contributed by atoms with van der Waals surface area (Å²) < 4.78 is 7.36. The number of rotatable bonds is 9. The van der Waals surface area contributed by atoms with Gasteiger partial charge in [-0.2, -0.15) is 0 Å². The van der Waals surface area contributed by atoms with Gasteiger partial charge < -0.3 is 19.9 Å². The van der Waals surface area contributed by atoms with Crippen LogP contribution in [-0.2, 0) is 11.3 Å². The van der Waals surface area contributed by atoms with Gasteiger partial charge in [-0.05, 0) is 18.2 Å². The first-order chi connectivity index (χ1) is 15.7. The van der Waals surface area contributed by atoms with Crippen LogP contribution in [0.1, 0.15) is 10.4 Å². The lowest BCUT2D eigenvalue weighted by atomic mass is 10.2. The number of benzene rings is 2. The molecule has 32 heavy (non-hydrogen) atoms. The molecule has 0 saturated heterocycles. The summed E-state index contributed by atoms with van der Waals surface area (Å²) in [5.41, 5.74) is 1.57. The highest BCUT2D eigenvalue weighted by Gasteiger charge is 2.13. The first-order valence-corrected chi connectivity index (χ1v) is 11.8. The third-order valence-electron chi connectivity index (χ3n) is 4.78. The number of thioether (sulfide) groups is 1. The Hall–Kier alpha value is -3.30. The fourth-order valence-electron chi connectivity index (χ4n) is 3.31. The lowest BCUT2D eigenvalue weighted by Gasteiger charge is -2.10. The van der Waals surface area contributed by atoms with Crippen molar-refractivity contribution in [3.63, 3.8) is 0 Å². The fourth-order valence-corrected chi connectivity index (χ4v) is 4.75. The number of methoxy groups -OCH3 is 1. The van der Waals surface area contributed by atoms with E-state index in [1.54, 1.807) is 25.4 Å². The number of nitrogens with zero attached hydrogens (tertiary/aromatic N) is 2. The van der Waals surface area contributed by atoms with Gasteiger partial charge >= 0.3 is 0 Å². The second-order valence-electron chi connectivity index (χ2n) is 6.83. The minimum Gasteiger partial charge on any atom is -0.496 e. The van der Waals surface area contributed by atoms with Crippen LogP contribution >= 0.6 is 23.1 Å². The zero-order valence-corrected chi connectivity index (χ0v) is 19.0. The molecule has 2 aromatic heterocycles. The van der Waals surface area contributed by atoms with E-state index in [9.17, 15) is 9.59 Å². The van der Waals surface area contributed by atoms with Gasteiger partial charge in [0.15, 0.2) is 5.13 Å². The summed E-state index contributed by atoms with van der Waals surface area (Å²) in [6, 6.07) is 15.2. The normalized spacial score (nSPS) is 10.8. The molecule has 9 heteroatoms. The molecule has 4 rings (SSSR count). The molecule has 0 aliphatic rings. The van der Waals surface area contributed by atoms with Gasteiger partial charge in [0.2, 0.25) is 5.91 Å². The summed E-state index contributed by atoms with van der Waals surface area (Å²) in [6.07, 6.45) is 3.69. The molecule has 0 spiro atoms. The SMILES string of the molecule is COc1ccccc1C(=O)NCCn1cc(SCC(=O)Nc2nccs2)c2ccccc21. The fraction of sp³-hybridized carbons (Fsp3) is 0.174. The van der Waals surface area contributed by atoms with Crippen molar-refractivity contribution in [2.45, 2.75) is 11.4 Å². The van der Waals surface area contributed by atoms with Crippen LogP contribution in [-0.4, -0.2) is 40.8 Å². The average Bonchev–Trinajstić information content (AvgIpc) is 3.45. The van der Waals surface area contributed by atoms with E-state index >= 15 is 0 Å². The molecular weight excluding hydrogens is 444 g/mol. The summed E-state index contributed by atoms with van der Waals surface area (Å²) in [5.74, 6) is 0.572. The summed E-state index contributed by atoms with van der Waals surface area (Å²) in [6.45, 7) is 1.07. The Bertz CT molecular complexity index is 1220. The molecule has 2 heterocycles. The van der Waals surface area contributed by atoms with E-state index < -0.39 is 0 Å². The standard InChI is InChI=1S/C23H22N4O3S2/c1-30-19-9-5-3-7-17(19)22(29)24-10-12-27-14-20(16-6-2-4-8-18(16)27)32-15-21(28)26-23-25-11-13-31-23/h2-9,11,13-14H,10,12,15H2,1H3,(H,24,29)(H,25,26,28). The average molecular weight is 467 g/mol. The summed E-state index contributed by atoms with van der Waals surface area (Å²) in [4.78, 5) is 29.9. The van der Waals surface area contributed by atoms with Gasteiger partial charge in [0.25, 0.3) is 5.91 Å². The van der Waals surface area contributed by atoms with Crippen molar-refractivity contribution in [1.82, 2.24) is 14.9 Å². The maximum Gasteiger partial charge on any atom is 0.255 e. The van der Waals surface area contributed by atoms with Gasteiger partial charge in [0, 0.05) is 46.7 Å². The van der Waals surface area contributed by atoms with E-state index in [2.05, 4.69) is 20.2 Å². The highest BCUT2D eigenvalue weighted by atomic mass is 32.2. The number of aromatic nitrogens is 2. The van der Waals surface area contributed by atoms with Crippen LogP contribution in [0, 0.1) is 0 Å². The number of para-hydroxylation sites is 2. The second kappa shape index (κ2) is 10.3. The van der Waals surface area contributed by atoms with Crippen molar-refractivity contribution in [2.24, 2.45) is 0 Å². The van der Waals surface area contributed by atoms with Crippen molar-refractivity contribution >= 4 is 50.9 Å². The Morgan fingerprint density at radius 3 is 2.78 bits per heavy atom. The van der Waals surface area contributed by atoms with Gasteiger partial charge in [-0.15, -0.1) is 23.1 Å². The van der Waals surface area contributed by atoms with Crippen molar-refractivity contribution in [1.29, 1.82) is 0 Å². The van der Waals surface area contributed by atoms with E-state index in [1.165, 1.54) is 23.1 Å². The number of anilines is 1. The molecule has 4 aromatic rings. The minimum absolute atomic E-state index is 0.0918. The summed E-state index contributed by atoms with van der Waals surface area (Å²) in [5, 5.41) is 9.26. The molecule has 0 bridgehead atoms.